The summed E-state index contributed by atoms with van der Waals surface area (Å²) in [6.45, 7) is 1.44. The van der Waals surface area contributed by atoms with Crippen LogP contribution in [0.25, 0.3) is 0 Å². The molecule has 9 heteroatoms. The molecular formula is C21H25N7O2. The normalized spacial score (nSPS) is 16.3. The average Bonchev–Trinajstić information content (AvgIpc) is 3.26. The topological polar surface area (TPSA) is 109 Å². The van der Waals surface area contributed by atoms with E-state index in [1.54, 1.807) is 25.6 Å². The molecule has 9 nitrogen and oxygen atoms in total. The molecular weight excluding hydrogens is 382 g/mol. The van der Waals surface area contributed by atoms with Crippen LogP contribution >= 0.6 is 0 Å². The first-order valence-electron chi connectivity index (χ1n) is 10.1. The van der Waals surface area contributed by atoms with Crippen LogP contribution in [-0.4, -0.2) is 51.3 Å². The highest BCUT2D eigenvalue weighted by Crippen LogP contribution is 2.21. The van der Waals surface area contributed by atoms with E-state index in [1.807, 2.05) is 29.2 Å². The molecule has 1 aliphatic rings. The first kappa shape index (κ1) is 19.8. The van der Waals surface area contributed by atoms with Gasteiger partial charge in [0.15, 0.2) is 0 Å². The SMILES string of the molecule is COc1ccc(CCc2nc(NC(=O)C3CCCN(c4ncccn4)C3)n[nH]2)cc1. The number of nitrogens with zero attached hydrogens (tertiary/aromatic N) is 5. The zero-order valence-electron chi connectivity index (χ0n) is 16.9. The van der Waals surface area contributed by atoms with E-state index in [-0.39, 0.29) is 11.8 Å². The fourth-order valence-electron chi connectivity index (χ4n) is 3.56. The molecule has 4 rings (SSSR count). The standard InChI is InChI=1S/C21H25N7O2/c1-30-17-8-5-15(6-9-17)7-10-18-24-20(27-26-18)25-19(29)16-4-2-13-28(14-16)21-22-11-3-12-23-21/h3,5-6,8-9,11-12,16H,2,4,7,10,13-14H2,1H3,(H2,24,25,26,27,29). The number of nitrogens with one attached hydrogen (secondary N) is 2. The van der Waals surface area contributed by atoms with E-state index in [1.165, 1.54) is 5.56 Å². The molecule has 2 N–H and O–H groups in total. The highest BCUT2D eigenvalue weighted by molar-refractivity contribution is 5.91. The Morgan fingerprint density at radius 1 is 1.23 bits per heavy atom. The molecule has 1 saturated heterocycles. The Kier molecular flexibility index (Phi) is 6.17. The third-order valence-corrected chi connectivity index (χ3v) is 5.20. The number of benzene rings is 1. The van der Waals surface area contributed by atoms with Crippen LogP contribution < -0.4 is 15.0 Å². The summed E-state index contributed by atoms with van der Waals surface area (Å²) in [4.78, 5) is 27.7. The molecule has 1 unspecified atom stereocenters. The number of hydrogen-bond acceptors (Lipinski definition) is 7. The lowest BCUT2D eigenvalue weighted by atomic mass is 9.97. The molecule has 1 aliphatic heterocycles. The Bertz CT molecular complexity index is 959. The maximum atomic E-state index is 12.7. The summed E-state index contributed by atoms with van der Waals surface area (Å²) in [6, 6.07) is 9.73. The summed E-state index contributed by atoms with van der Waals surface area (Å²) < 4.78 is 5.18. The van der Waals surface area contributed by atoms with Crippen molar-refractivity contribution >= 4 is 17.8 Å². The first-order chi connectivity index (χ1) is 14.7. The van der Waals surface area contributed by atoms with Gasteiger partial charge in [-0.15, -0.1) is 5.10 Å². The maximum absolute atomic E-state index is 12.7. The Morgan fingerprint density at radius 3 is 2.80 bits per heavy atom. The van der Waals surface area contributed by atoms with Gasteiger partial charge in [0.2, 0.25) is 17.8 Å². The zero-order valence-corrected chi connectivity index (χ0v) is 16.9. The number of anilines is 2. The van der Waals surface area contributed by atoms with Crippen molar-refractivity contribution in [3.8, 4) is 5.75 Å². The molecule has 0 radical (unpaired) electrons. The van der Waals surface area contributed by atoms with Crippen molar-refractivity contribution < 1.29 is 9.53 Å². The number of amides is 1. The molecule has 0 aliphatic carbocycles. The van der Waals surface area contributed by atoms with Crippen molar-refractivity contribution in [1.29, 1.82) is 0 Å². The van der Waals surface area contributed by atoms with Crippen molar-refractivity contribution in [2.24, 2.45) is 5.92 Å². The minimum atomic E-state index is -0.149. The fraction of sp³-hybridized carbons (Fsp3) is 0.381. The zero-order chi connectivity index (χ0) is 20.8. The van der Waals surface area contributed by atoms with E-state index in [0.29, 0.717) is 24.9 Å². The van der Waals surface area contributed by atoms with E-state index in [2.05, 4.69) is 30.5 Å². The number of carbonyl (C=O) groups excluding carboxylic acids is 1. The Balaban J connectivity index is 1.30. The van der Waals surface area contributed by atoms with Gasteiger partial charge in [0.05, 0.1) is 13.0 Å². The minimum Gasteiger partial charge on any atom is -0.497 e. The van der Waals surface area contributed by atoms with E-state index in [4.69, 9.17) is 4.74 Å². The van der Waals surface area contributed by atoms with Crippen LogP contribution in [0.4, 0.5) is 11.9 Å². The summed E-state index contributed by atoms with van der Waals surface area (Å²) >= 11 is 0. The van der Waals surface area contributed by atoms with Gasteiger partial charge in [-0.25, -0.2) is 9.97 Å². The number of methoxy groups -OCH3 is 1. The number of carbonyl (C=O) groups is 1. The predicted octanol–water partition coefficient (Wildman–Crippen LogP) is 2.24. The van der Waals surface area contributed by atoms with Crippen molar-refractivity contribution in [1.82, 2.24) is 25.1 Å². The van der Waals surface area contributed by atoms with Gasteiger partial charge in [-0.2, -0.15) is 4.98 Å². The van der Waals surface area contributed by atoms with Crippen LogP contribution in [0.5, 0.6) is 5.75 Å². The monoisotopic (exact) mass is 407 g/mol. The third-order valence-electron chi connectivity index (χ3n) is 5.20. The molecule has 3 heterocycles. The molecule has 1 amide bonds. The van der Waals surface area contributed by atoms with Gasteiger partial charge in [0, 0.05) is 31.9 Å². The molecule has 156 valence electrons. The number of ether oxygens (including phenoxy) is 1. The number of piperidine rings is 1. The van der Waals surface area contributed by atoms with E-state index in [9.17, 15) is 4.79 Å². The van der Waals surface area contributed by atoms with Gasteiger partial charge < -0.3 is 9.64 Å². The Labute approximate surface area is 174 Å². The van der Waals surface area contributed by atoms with Crippen LogP contribution in [0.3, 0.4) is 0 Å². The maximum Gasteiger partial charge on any atom is 0.248 e. The highest BCUT2D eigenvalue weighted by atomic mass is 16.5. The van der Waals surface area contributed by atoms with Gasteiger partial charge >= 0.3 is 0 Å². The Hall–Kier alpha value is -3.49. The van der Waals surface area contributed by atoms with E-state index >= 15 is 0 Å². The largest absolute Gasteiger partial charge is 0.497 e. The van der Waals surface area contributed by atoms with Crippen molar-refractivity contribution in [2.75, 3.05) is 30.4 Å². The quantitative estimate of drug-likeness (QED) is 0.618. The summed E-state index contributed by atoms with van der Waals surface area (Å²) in [5.74, 6) is 2.33. The first-order valence-corrected chi connectivity index (χ1v) is 10.1. The molecule has 2 aromatic heterocycles. The third kappa shape index (κ3) is 4.91. The smallest absolute Gasteiger partial charge is 0.248 e. The van der Waals surface area contributed by atoms with Crippen LogP contribution in [0.1, 0.15) is 24.2 Å². The van der Waals surface area contributed by atoms with Gasteiger partial charge in [0.1, 0.15) is 11.6 Å². The average molecular weight is 407 g/mol. The molecule has 1 atom stereocenters. The van der Waals surface area contributed by atoms with Gasteiger partial charge in [-0.1, -0.05) is 12.1 Å². The van der Waals surface area contributed by atoms with E-state index < -0.39 is 0 Å². The number of aromatic nitrogens is 5. The molecule has 3 aromatic rings. The highest BCUT2D eigenvalue weighted by Gasteiger charge is 2.27. The van der Waals surface area contributed by atoms with Gasteiger partial charge in [-0.3, -0.25) is 15.2 Å². The molecule has 0 spiro atoms. The summed E-state index contributed by atoms with van der Waals surface area (Å²) in [6.07, 6.45) is 6.70. The fourth-order valence-corrected chi connectivity index (χ4v) is 3.56. The van der Waals surface area contributed by atoms with E-state index in [0.717, 1.165) is 37.4 Å². The summed E-state index contributed by atoms with van der Waals surface area (Å²) in [5.41, 5.74) is 1.18. The van der Waals surface area contributed by atoms with Crippen molar-refractivity contribution in [2.45, 2.75) is 25.7 Å². The number of aryl methyl sites for hydroxylation is 2. The second-order valence-corrected chi connectivity index (χ2v) is 7.28. The number of H-pyrrole nitrogens is 1. The van der Waals surface area contributed by atoms with Crippen molar-refractivity contribution in [3.63, 3.8) is 0 Å². The lowest BCUT2D eigenvalue weighted by Crippen LogP contribution is -2.41. The molecule has 0 saturated carbocycles. The molecule has 1 aromatic carbocycles. The number of rotatable bonds is 7. The van der Waals surface area contributed by atoms with Gasteiger partial charge in [0.25, 0.3) is 0 Å². The summed E-state index contributed by atoms with van der Waals surface area (Å²) in [7, 11) is 1.65. The second-order valence-electron chi connectivity index (χ2n) is 7.28. The number of hydrogen-bond donors (Lipinski definition) is 2. The Morgan fingerprint density at radius 2 is 2.03 bits per heavy atom. The second kappa shape index (κ2) is 9.34. The molecule has 1 fully saturated rings. The molecule has 30 heavy (non-hydrogen) atoms. The lowest BCUT2D eigenvalue weighted by molar-refractivity contribution is -0.120. The van der Waals surface area contributed by atoms with Crippen molar-refractivity contribution in [3.05, 3.63) is 54.1 Å². The number of aromatic amines is 1. The van der Waals surface area contributed by atoms with Gasteiger partial charge in [-0.05, 0) is 43.0 Å². The van der Waals surface area contributed by atoms with Crippen LogP contribution in [0.15, 0.2) is 42.7 Å². The predicted molar refractivity (Wildman–Crippen MR) is 112 cm³/mol. The molecule has 0 bridgehead atoms. The van der Waals surface area contributed by atoms with Crippen LogP contribution in [0.2, 0.25) is 0 Å². The lowest BCUT2D eigenvalue weighted by Gasteiger charge is -2.31. The minimum absolute atomic E-state index is 0.0728. The van der Waals surface area contributed by atoms with Crippen LogP contribution in [0, 0.1) is 5.92 Å². The van der Waals surface area contributed by atoms with Crippen LogP contribution in [-0.2, 0) is 17.6 Å². The summed E-state index contributed by atoms with van der Waals surface area (Å²) in [5, 5.41) is 9.89.